The van der Waals surface area contributed by atoms with E-state index in [-0.39, 0.29) is 23.3 Å². The maximum absolute atomic E-state index is 11.9. The van der Waals surface area contributed by atoms with Gasteiger partial charge in [0.1, 0.15) is 0 Å². The highest BCUT2D eigenvalue weighted by molar-refractivity contribution is 5.78. The minimum Gasteiger partial charge on any atom is -0.353 e. The number of carbonyl (C=O) groups is 1. The summed E-state index contributed by atoms with van der Waals surface area (Å²) in [5.41, 5.74) is 1.47. The van der Waals surface area contributed by atoms with Gasteiger partial charge in [-0.15, -0.1) is 0 Å². The molecule has 0 bridgehead atoms. The van der Waals surface area contributed by atoms with Gasteiger partial charge in [0.15, 0.2) is 0 Å². The van der Waals surface area contributed by atoms with E-state index >= 15 is 0 Å². The van der Waals surface area contributed by atoms with Gasteiger partial charge < -0.3 is 5.32 Å². The molecule has 0 aromatic heterocycles. The largest absolute Gasteiger partial charge is 0.353 e. The van der Waals surface area contributed by atoms with Crippen LogP contribution in [0.4, 0.5) is 0 Å². The molecule has 1 aliphatic heterocycles. The molecule has 1 aromatic rings. The molecule has 1 aliphatic rings. The number of nitrogens with zero attached hydrogens (tertiary/aromatic N) is 1. The van der Waals surface area contributed by atoms with Crippen LogP contribution < -0.4 is 5.32 Å². The number of hydrogen-bond donors (Lipinski definition) is 1. The minimum absolute atomic E-state index is 0.0585. The molecule has 1 fully saturated rings. The fourth-order valence-electron chi connectivity index (χ4n) is 3.05. The van der Waals surface area contributed by atoms with Crippen molar-refractivity contribution in [1.29, 1.82) is 0 Å². The van der Waals surface area contributed by atoms with Crippen LogP contribution in [0.1, 0.15) is 39.7 Å². The molecule has 3 heteroatoms. The molecule has 116 valence electrons. The fourth-order valence-corrected chi connectivity index (χ4v) is 3.05. The van der Waals surface area contributed by atoms with Crippen LogP contribution in [0.2, 0.25) is 0 Å². The van der Waals surface area contributed by atoms with E-state index in [1.807, 2.05) is 13.8 Å². The lowest BCUT2D eigenvalue weighted by Crippen LogP contribution is -2.56. The summed E-state index contributed by atoms with van der Waals surface area (Å²) in [5, 5.41) is 3.23. The first kappa shape index (κ1) is 16.0. The zero-order valence-corrected chi connectivity index (χ0v) is 13.7. The van der Waals surface area contributed by atoms with Crippen molar-refractivity contribution in [2.75, 3.05) is 13.1 Å². The standard InChI is InChI=1S/C18H28N2O/c1-14(2)17(21)19-16-10-11-20(13-18(16,3)4)12-15-8-6-5-7-9-15/h5-9,14,16H,10-13H2,1-4H3,(H,19,21)/t16-/m1/s1. The van der Waals surface area contributed by atoms with Gasteiger partial charge in [-0.2, -0.15) is 0 Å². The Morgan fingerprint density at radius 3 is 2.57 bits per heavy atom. The Hall–Kier alpha value is -1.35. The van der Waals surface area contributed by atoms with E-state index in [0.717, 1.165) is 26.1 Å². The highest BCUT2D eigenvalue weighted by atomic mass is 16.1. The zero-order chi connectivity index (χ0) is 15.5. The molecule has 2 rings (SSSR count). The van der Waals surface area contributed by atoms with Crippen LogP contribution in [0.5, 0.6) is 0 Å². The van der Waals surface area contributed by atoms with Crippen molar-refractivity contribution in [2.24, 2.45) is 11.3 Å². The Balaban J connectivity index is 1.94. The molecule has 1 N–H and O–H groups in total. The number of rotatable bonds is 4. The fraction of sp³-hybridized carbons (Fsp3) is 0.611. The molecular formula is C18H28N2O. The summed E-state index contributed by atoms with van der Waals surface area (Å²) in [7, 11) is 0. The van der Waals surface area contributed by atoms with Gasteiger partial charge in [0.2, 0.25) is 5.91 Å². The summed E-state index contributed by atoms with van der Waals surface area (Å²) >= 11 is 0. The van der Waals surface area contributed by atoms with Gasteiger partial charge >= 0.3 is 0 Å². The predicted molar refractivity (Wildman–Crippen MR) is 86.9 cm³/mol. The van der Waals surface area contributed by atoms with Crippen molar-refractivity contribution in [3.05, 3.63) is 35.9 Å². The maximum atomic E-state index is 11.9. The molecule has 0 spiro atoms. The van der Waals surface area contributed by atoms with Crippen LogP contribution in [0.15, 0.2) is 30.3 Å². The van der Waals surface area contributed by atoms with E-state index in [1.165, 1.54) is 5.56 Å². The lowest BCUT2D eigenvalue weighted by molar-refractivity contribution is -0.126. The van der Waals surface area contributed by atoms with E-state index in [0.29, 0.717) is 0 Å². The third-order valence-electron chi connectivity index (χ3n) is 4.40. The number of nitrogens with one attached hydrogen (secondary N) is 1. The lowest BCUT2D eigenvalue weighted by Gasteiger charge is -2.44. The predicted octanol–water partition coefficient (Wildman–Crippen LogP) is 3.06. The van der Waals surface area contributed by atoms with E-state index in [1.54, 1.807) is 0 Å². The third-order valence-corrected chi connectivity index (χ3v) is 4.40. The van der Waals surface area contributed by atoms with E-state index in [4.69, 9.17) is 0 Å². The quantitative estimate of drug-likeness (QED) is 0.923. The molecule has 0 saturated carbocycles. The zero-order valence-electron chi connectivity index (χ0n) is 13.7. The summed E-state index contributed by atoms with van der Waals surface area (Å²) in [5.74, 6) is 0.229. The molecule has 1 atom stereocenters. The van der Waals surface area contributed by atoms with Gasteiger partial charge in [0.25, 0.3) is 0 Å². The first-order valence-electron chi connectivity index (χ1n) is 7.95. The SMILES string of the molecule is CC(C)C(=O)N[C@@H]1CCN(Cc2ccccc2)CC1(C)C. The molecule has 21 heavy (non-hydrogen) atoms. The van der Waals surface area contributed by atoms with Crippen LogP contribution in [-0.2, 0) is 11.3 Å². The molecule has 1 saturated heterocycles. The number of hydrogen-bond acceptors (Lipinski definition) is 2. The summed E-state index contributed by atoms with van der Waals surface area (Å²) < 4.78 is 0. The highest BCUT2D eigenvalue weighted by Crippen LogP contribution is 2.30. The summed E-state index contributed by atoms with van der Waals surface area (Å²) in [4.78, 5) is 14.4. The van der Waals surface area contributed by atoms with Gasteiger partial charge in [-0.05, 0) is 17.4 Å². The van der Waals surface area contributed by atoms with E-state index in [9.17, 15) is 4.79 Å². The Bertz CT molecular complexity index is 467. The Morgan fingerprint density at radius 1 is 1.33 bits per heavy atom. The molecule has 1 aromatic carbocycles. The second-order valence-electron chi connectivity index (χ2n) is 7.19. The topological polar surface area (TPSA) is 32.3 Å². The van der Waals surface area contributed by atoms with Crippen LogP contribution in [0, 0.1) is 11.3 Å². The Morgan fingerprint density at radius 2 is 2.00 bits per heavy atom. The second-order valence-corrected chi connectivity index (χ2v) is 7.19. The molecular weight excluding hydrogens is 260 g/mol. The van der Waals surface area contributed by atoms with Gasteiger partial charge in [-0.3, -0.25) is 9.69 Å². The summed E-state index contributed by atoms with van der Waals surface area (Å²) in [6.07, 6.45) is 1.03. The average Bonchev–Trinajstić information content (AvgIpc) is 2.42. The average molecular weight is 288 g/mol. The molecule has 0 radical (unpaired) electrons. The number of amides is 1. The van der Waals surface area contributed by atoms with Gasteiger partial charge in [-0.25, -0.2) is 0 Å². The molecule has 1 heterocycles. The lowest BCUT2D eigenvalue weighted by atomic mass is 9.78. The third kappa shape index (κ3) is 4.31. The first-order chi connectivity index (χ1) is 9.88. The number of carbonyl (C=O) groups excluding carboxylic acids is 1. The number of piperidine rings is 1. The normalized spacial score (nSPS) is 22.2. The number of benzene rings is 1. The Kier molecular flexibility index (Phi) is 5.04. The maximum Gasteiger partial charge on any atom is 0.222 e. The van der Waals surface area contributed by atoms with Crippen LogP contribution in [0.25, 0.3) is 0 Å². The van der Waals surface area contributed by atoms with E-state index in [2.05, 4.69) is 54.4 Å². The number of likely N-dealkylation sites (tertiary alicyclic amines) is 1. The smallest absolute Gasteiger partial charge is 0.222 e. The molecule has 3 nitrogen and oxygen atoms in total. The summed E-state index contributed by atoms with van der Waals surface area (Å²) in [6, 6.07) is 10.9. The van der Waals surface area contributed by atoms with Gasteiger partial charge in [-0.1, -0.05) is 58.0 Å². The highest BCUT2D eigenvalue weighted by Gasteiger charge is 2.36. The van der Waals surface area contributed by atoms with Gasteiger partial charge in [0.05, 0.1) is 0 Å². The Labute approximate surface area is 128 Å². The summed E-state index contributed by atoms with van der Waals surface area (Å²) in [6.45, 7) is 11.5. The van der Waals surface area contributed by atoms with Crippen molar-refractivity contribution in [3.63, 3.8) is 0 Å². The second kappa shape index (κ2) is 6.61. The van der Waals surface area contributed by atoms with Crippen molar-refractivity contribution >= 4 is 5.91 Å². The van der Waals surface area contributed by atoms with Crippen LogP contribution in [0.3, 0.4) is 0 Å². The van der Waals surface area contributed by atoms with Crippen molar-refractivity contribution < 1.29 is 4.79 Å². The first-order valence-corrected chi connectivity index (χ1v) is 7.95. The molecule has 1 amide bonds. The van der Waals surface area contributed by atoms with Crippen molar-refractivity contribution in [2.45, 2.75) is 46.7 Å². The van der Waals surface area contributed by atoms with E-state index < -0.39 is 0 Å². The van der Waals surface area contributed by atoms with Crippen molar-refractivity contribution in [3.8, 4) is 0 Å². The van der Waals surface area contributed by atoms with Crippen molar-refractivity contribution in [1.82, 2.24) is 10.2 Å². The van der Waals surface area contributed by atoms with Crippen LogP contribution >= 0.6 is 0 Å². The van der Waals surface area contributed by atoms with Crippen LogP contribution in [-0.4, -0.2) is 29.9 Å². The molecule has 0 unspecified atom stereocenters. The monoisotopic (exact) mass is 288 g/mol. The minimum atomic E-state index is 0.0585. The van der Waals surface area contributed by atoms with Gasteiger partial charge in [0, 0.05) is 31.6 Å². The molecule has 0 aliphatic carbocycles.